The Balaban J connectivity index is 1.40. The lowest BCUT2D eigenvalue weighted by Gasteiger charge is -2.28. The molecule has 0 saturated carbocycles. The first-order valence-electron chi connectivity index (χ1n) is 11.6. The van der Waals surface area contributed by atoms with Gasteiger partial charge in [0.15, 0.2) is 6.29 Å². The quantitative estimate of drug-likeness (QED) is 0.228. The molecule has 2 aromatic carbocycles. The number of carbonyl (C=O) groups is 3. The first-order valence-corrected chi connectivity index (χ1v) is 11.6. The molecule has 0 unspecified atom stereocenters. The van der Waals surface area contributed by atoms with Gasteiger partial charge in [-0.2, -0.15) is 0 Å². The number of ketones is 2. The van der Waals surface area contributed by atoms with Crippen LogP contribution in [0.5, 0.6) is 5.75 Å². The van der Waals surface area contributed by atoms with E-state index in [1.54, 1.807) is 11.6 Å². The molecule has 0 atom stereocenters. The van der Waals surface area contributed by atoms with Crippen molar-refractivity contribution in [3.8, 4) is 16.9 Å². The van der Waals surface area contributed by atoms with Crippen molar-refractivity contribution in [1.29, 1.82) is 0 Å². The minimum absolute atomic E-state index is 0.241. The van der Waals surface area contributed by atoms with Crippen molar-refractivity contribution in [1.82, 2.24) is 9.55 Å². The summed E-state index contributed by atoms with van der Waals surface area (Å²) in [6.45, 7) is 1.51. The van der Waals surface area contributed by atoms with E-state index in [0.29, 0.717) is 55.8 Å². The third kappa shape index (κ3) is 4.57. The second-order valence-corrected chi connectivity index (χ2v) is 8.67. The average Bonchev–Trinajstić information content (AvgIpc) is 3.24. The molecule has 7 nitrogen and oxygen atoms in total. The molecule has 176 valence electrons. The van der Waals surface area contributed by atoms with Gasteiger partial charge in [-0.3, -0.25) is 14.4 Å². The number of carbonyl (C=O) groups excluding carboxylic acids is 3. The van der Waals surface area contributed by atoms with E-state index in [1.165, 1.54) is 0 Å². The normalized spacial score (nSPS) is 13.7. The Labute approximate surface area is 203 Å². The minimum Gasteiger partial charge on any atom is -0.487 e. The zero-order chi connectivity index (χ0) is 24.4. The Morgan fingerprint density at radius 3 is 2.51 bits per heavy atom. The maximum Gasteiger partial charge on any atom is 0.242 e. The van der Waals surface area contributed by atoms with E-state index in [9.17, 15) is 14.4 Å². The van der Waals surface area contributed by atoms with Crippen molar-refractivity contribution in [2.75, 3.05) is 18.0 Å². The molecule has 4 aromatic rings. The molecule has 1 aliphatic rings. The van der Waals surface area contributed by atoms with Crippen LogP contribution in [0.15, 0.2) is 66.9 Å². The van der Waals surface area contributed by atoms with Gasteiger partial charge in [-0.25, -0.2) is 4.98 Å². The highest BCUT2D eigenvalue weighted by molar-refractivity contribution is 6.35. The molecule has 7 heteroatoms. The molecule has 35 heavy (non-hydrogen) atoms. The number of rotatable bonds is 7. The number of piperidine rings is 1. The van der Waals surface area contributed by atoms with E-state index in [4.69, 9.17) is 4.74 Å². The van der Waals surface area contributed by atoms with Crippen LogP contribution in [0, 0.1) is 0 Å². The summed E-state index contributed by atoms with van der Waals surface area (Å²) in [5.41, 5.74) is 4.43. The number of fused-ring (bicyclic) bond motifs is 1. The molecule has 2 aromatic heterocycles. The van der Waals surface area contributed by atoms with Crippen molar-refractivity contribution in [3.63, 3.8) is 0 Å². The molecule has 1 saturated heterocycles. The molecule has 0 aliphatic carbocycles. The van der Waals surface area contributed by atoms with Crippen LogP contribution in [-0.2, 0) is 23.2 Å². The maximum atomic E-state index is 12.5. The van der Waals surface area contributed by atoms with Crippen LogP contribution in [-0.4, -0.2) is 40.5 Å². The van der Waals surface area contributed by atoms with Gasteiger partial charge in [-0.1, -0.05) is 36.4 Å². The monoisotopic (exact) mass is 467 g/mol. The first-order chi connectivity index (χ1) is 17.0. The standard InChI is InChI=1S/C28H25N3O4/c1-30-16-25(31-14-12-22(33)13-15-31)27(28(30)26(34)17-32)20-7-10-23(11-8-20)35-18-21-9-6-19-4-2-3-5-24(19)29-21/h2-11,16-17H,12-15,18H2,1H3. The molecule has 0 radical (unpaired) electrons. The van der Waals surface area contributed by atoms with Gasteiger partial charge in [0.2, 0.25) is 5.78 Å². The molecule has 1 aliphatic heterocycles. The van der Waals surface area contributed by atoms with Crippen LogP contribution in [0.25, 0.3) is 22.0 Å². The van der Waals surface area contributed by atoms with E-state index < -0.39 is 5.78 Å². The highest BCUT2D eigenvalue weighted by Gasteiger charge is 2.26. The van der Waals surface area contributed by atoms with Crippen molar-refractivity contribution in [2.24, 2.45) is 7.05 Å². The fraction of sp³-hybridized carbons (Fsp3) is 0.214. The Morgan fingerprint density at radius 2 is 1.77 bits per heavy atom. The second kappa shape index (κ2) is 9.54. The van der Waals surface area contributed by atoms with Crippen molar-refractivity contribution >= 4 is 34.4 Å². The van der Waals surface area contributed by atoms with Gasteiger partial charge in [0.25, 0.3) is 0 Å². The number of hydrogen-bond acceptors (Lipinski definition) is 6. The number of hydrogen-bond donors (Lipinski definition) is 0. The molecular formula is C28H25N3O4. The average molecular weight is 468 g/mol. The lowest BCUT2D eigenvalue weighted by Crippen LogP contribution is -2.33. The van der Waals surface area contributed by atoms with Crippen molar-refractivity contribution in [3.05, 3.63) is 78.2 Å². The maximum absolute atomic E-state index is 12.5. The number of para-hydroxylation sites is 1. The second-order valence-electron chi connectivity index (χ2n) is 8.67. The van der Waals surface area contributed by atoms with Gasteiger partial charge in [0.05, 0.1) is 16.9 Å². The number of nitrogens with zero attached hydrogens (tertiary/aromatic N) is 3. The highest BCUT2D eigenvalue weighted by Crippen LogP contribution is 2.37. The van der Waals surface area contributed by atoms with E-state index in [0.717, 1.165) is 27.8 Å². The number of pyridine rings is 1. The molecule has 0 bridgehead atoms. The molecular weight excluding hydrogens is 442 g/mol. The zero-order valence-electron chi connectivity index (χ0n) is 19.4. The van der Waals surface area contributed by atoms with Crippen molar-refractivity contribution in [2.45, 2.75) is 19.4 Å². The van der Waals surface area contributed by atoms with Gasteiger partial charge < -0.3 is 14.2 Å². The van der Waals surface area contributed by atoms with Gasteiger partial charge in [-0.05, 0) is 29.8 Å². The molecule has 0 N–H and O–H groups in total. The third-order valence-electron chi connectivity index (χ3n) is 6.35. The predicted molar refractivity (Wildman–Crippen MR) is 134 cm³/mol. The summed E-state index contributed by atoms with van der Waals surface area (Å²) >= 11 is 0. The van der Waals surface area contributed by atoms with E-state index >= 15 is 0 Å². The predicted octanol–water partition coefficient (Wildman–Crippen LogP) is 4.37. The summed E-state index contributed by atoms with van der Waals surface area (Å²) in [4.78, 5) is 42.4. The summed E-state index contributed by atoms with van der Waals surface area (Å²) in [5, 5.41) is 1.08. The van der Waals surface area contributed by atoms with Gasteiger partial charge >= 0.3 is 0 Å². The number of Topliss-reactive ketones (excluding diaryl/α,β-unsaturated/α-hetero) is 2. The Hall–Kier alpha value is -4.26. The number of aryl methyl sites for hydroxylation is 1. The Morgan fingerprint density at radius 1 is 1.03 bits per heavy atom. The summed E-state index contributed by atoms with van der Waals surface area (Å²) in [5.74, 6) is 0.336. The van der Waals surface area contributed by atoms with E-state index in [1.807, 2.05) is 66.9 Å². The van der Waals surface area contributed by atoms with Crippen LogP contribution in [0.3, 0.4) is 0 Å². The molecule has 1 fully saturated rings. The number of anilines is 1. The van der Waals surface area contributed by atoms with E-state index in [2.05, 4.69) is 9.88 Å². The van der Waals surface area contributed by atoms with Crippen LogP contribution in [0.4, 0.5) is 5.69 Å². The van der Waals surface area contributed by atoms with Gasteiger partial charge in [0.1, 0.15) is 23.8 Å². The molecule has 0 spiro atoms. The Kier molecular flexibility index (Phi) is 6.14. The first kappa shape index (κ1) is 22.5. The Bertz CT molecular complexity index is 1410. The molecule has 3 heterocycles. The summed E-state index contributed by atoms with van der Waals surface area (Å²) in [7, 11) is 1.76. The molecule has 5 rings (SSSR count). The molecule has 0 amide bonds. The van der Waals surface area contributed by atoms with Crippen LogP contribution < -0.4 is 9.64 Å². The number of aromatic nitrogens is 2. The highest BCUT2D eigenvalue weighted by atomic mass is 16.5. The summed E-state index contributed by atoms with van der Waals surface area (Å²) < 4.78 is 7.64. The van der Waals surface area contributed by atoms with Gasteiger partial charge in [-0.15, -0.1) is 0 Å². The van der Waals surface area contributed by atoms with E-state index in [-0.39, 0.29) is 5.78 Å². The SMILES string of the molecule is Cn1cc(N2CCC(=O)CC2)c(-c2ccc(OCc3ccc4ccccc4n3)cc2)c1C(=O)C=O. The number of ether oxygens (including phenoxy) is 1. The minimum atomic E-state index is -0.579. The zero-order valence-corrected chi connectivity index (χ0v) is 19.4. The largest absolute Gasteiger partial charge is 0.487 e. The van der Waals surface area contributed by atoms with Crippen LogP contribution in [0.2, 0.25) is 0 Å². The number of aldehydes is 1. The fourth-order valence-corrected chi connectivity index (χ4v) is 4.55. The lowest BCUT2D eigenvalue weighted by atomic mass is 10.0. The summed E-state index contributed by atoms with van der Waals surface area (Å²) in [6.07, 6.45) is 3.15. The van der Waals surface area contributed by atoms with Gasteiger partial charge in [0, 0.05) is 50.1 Å². The number of benzene rings is 2. The van der Waals surface area contributed by atoms with Crippen LogP contribution in [0.1, 0.15) is 29.0 Å². The lowest BCUT2D eigenvalue weighted by molar-refractivity contribution is -0.119. The van der Waals surface area contributed by atoms with Crippen LogP contribution >= 0.6 is 0 Å². The fourth-order valence-electron chi connectivity index (χ4n) is 4.55. The topological polar surface area (TPSA) is 81.5 Å². The van der Waals surface area contributed by atoms with Crippen molar-refractivity contribution < 1.29 is 19.1 Å². The third-order valence-corrected chi connectivity index (χ3v) is 6.35. The smallest absolute Gasteiger partial charge is 0.242 e. The summed E-state index contributed by atoms with van der Waals surface area (Å²) in [6, 6.07) is 19.4.